The number of aliphatic imine (C=N–C) groups is 2. The van der Waals surface area contributed by atoms with Crippen LogP contribution in [0.15, 0.2) is 33.9 Å². The summed E-state index contributed by atoms with van der Waals surface area (Å²) in [6.45, 7) is 0.644. The lowest BCUT2D eigenvalue weighted by molar-refractivity contribution is -0.592. The lowest BCUT2D eigenvalue weighted by Gasteiger charge is -2.29. The minimum atomic E-state index is -4.51. The van der Waals surface area contributed by atoms with Gasteiger partial charge in [0.1, 0.15) is 6.20 Å². The number of hydrogen-bond acceptors (Lipinski definition) is 5. The number of alkyl halides is 3. The standard InChI is InChI=1S/C12H10ClF3N7/c13-23-4-1-17-5-8(23)10(18-7-23)21-2-3-22-9(6-21)19-20-11(22)12(14,15)16/h1,4-5,7H,2-3,6H2/q+1. The van der Waals surface area contributed by atoms with Crippen molar-refractivity contribution in [3.8, 4) is 0 Å². The summed E-state index contributed by atoms with van der Waals surface area (Å²) >= 11 is 6.39. The van der Waals surface area contributed by atoms with Gasteiger partial charge in [-0.1, -0.05) is 0 Å². The molecular weight excluding hydrogens is 335 g/mol. The molecule has 7 nitrogen and oxygen atoms in total. The molecule has 0 saturated heterocycles. The van der Waals surface area contributed by atoms with E-state index in [1.165, 1.54) is 6.34 Å². The topological polar surface area (TPSA) is 58.7 Å². The average molecular weight is 345 g/mol. The Balaban J connectivity index is 1.67. The minimum Gasteiger partial charge on any atom is -0.342 e. The van der Waals surface area contributed by atoms with E-state index in [0.29, 0.717) is 18.1 Å². The summed E-state index contributed by atoms with van der Waals surface area (Å²) in [5.74, 6) is -0.144. The van der Waals surface area contributed by atoms with Crippen molar-refractivity contribution < 1.29 is 17.2 Å². The van der Waals surface area contributed by atoms with Crippen LogP contribution in [0.1, 0.15) is 11.6 Å². The van der Waals surface area contributed by atoms with Crippen molar-refractivity contribution in [2.75, 3.05) is 6.54 Å². The Kier molecular flexibility index (Phi) is 2.91. The summed E-state index contributed by atoms with van der Waals surface area (Å²) in [4.78, 5) is 10.2. The van der Waals surface area contributed by atoms with Crippen molar-refractivity contribution in [3.05, 3.63) is 35.6 Å². The Hall–Kier alpha value is -2.20. The Morgan fingerprint density at radius 1 is 1.22 bits per heavy atom. The molecule has 0 amide bonds. The molecule has 1 atom stereocenters. The van der Waals surface area contributed by atoms with E-state index in [1.807, 2.05) is 4.90 Å². The molecule has 23 heavy (non-hydrogen) atoms. The SMILES string of the molecule is FC(F)(F)c1nnc2n1CCN(C1=C3C=NC=C[N+]3(Cl)C=N1)C2. The van der Waals surface area contributed by atoms with Gasteiger partial charge in [-0.25, -0.2) is 0 Å². The molecule has 11 heteroatoms. The van der Waals surface area contributed by atoms with E-state index >= 15 is 0 Å². The Morgan fingerprint density at radius 3 is 2.83 bits per heavy atom. The number of halogens is 4. The molecule has 1 aromatic heterocycles. The largest absolute Gasteiger partial charge is 0.451 e. The lowest BCUT2D eigenvalue weighted by atomic mass is 10.3. The summed E-state index contributed by atoms with van der Waals surface area (Å²) in [5.41, 5.74) is 0.651. The van der Waals surface area contributed by atoms with Crippen molar-refractivity contribution in [2.45, 2.75) is 19.3 Å². The molecule has 0 N–H and O–H groups in total. The minimum absolute atomic E-state index is 0.124. The molecule has 0 spiro atoms. The van der Waals surface area contributed by atoms with E-state index in [2.05, 4.69) is 20.2 Å². The zero-order valence-electron chi connectivity index (χ0n) is 11.6. The Morgan fingerprint density at radius 2 is 2.04 bits per heavy atom. The van der Waals surface area contributed by atoms with Gasteiger partial charge >= 0.3 is 6.18 Å². The second kappa shape index (κ2) is 4.65. The van der Waals surface area contributed by atoms with Gasteiger partial charge < -0.3 is 9.47 Å². The summed E-state index contributed by atoms with van der Waals surface area (Å²) in [6, 6.07) is 0. The number of fused-ring (bicyclic) bond motifs is 2. The van der Waals surface area contributed by atoms with Gasteiger partial charge in [0, 0.05) is 13.1 Å². The van der Waals surface area contributed by atoms with Gasteiger partial charge in [0.05, 0.1) is 19.0 Å². The van der Waals surface area contributed by atoms with Gasteiger partial charge in [0.2, 0.25) is 23.7 Å². The first kappa shape index (κ1) is 14.4. The van der Waals surface area contributed by atoms with Crippen molar-refractivity contribution in [3.63, 3.8) is 0 Å². The molecule has 1 unspecified atom stereocenters. The molecule has 0 radical (unpaired) electrons. The predicted octanol–water partition coefficient (Wildman–Crippen LogP) is 1.85. The van der Waals surface area contributed by atoms with Crippen molar-refractivity contribution in [2.24, 2.45) is 9.98 Å². The van der Waals surface area contributed by atoms with Gasteiger partial charge in [-0.2, -0.15) is 18.2 Å². The van der Waals surface area contributed by atoms with Crippen LogP contribution < -0.4 is 0 Å². The second-order valence-corrected chi connectivity index (χ2v) is 5.79. The number of nitrogens with zero attached hydrogens (tertiary/aromatic N) is 7. The summed E-state index contributed by atoms with van der Waals surface area (Å²) in [6.07, 6.45) is 1.84. The Bertz CT molecular complexity index is 791. The van der Waals surface area contributed by atoms with Gasteiger partial charge in [-0.15, -0.1) is 14.2 Å². The number of hydrogen-bond donors (Lipinski definition) is 0. The van der Waals surface area contributed by atoms with E-state index in [0.717, 1.165) is 4.57 Å². The molecule has 4 heterocycles. The Labute approximate surface area is 133 Å². The molecule has 4 rings (SSSR count). The molecule has 3 aliphatic heterocycles. The van der Waals surface area contributed by atoms with E-state index < -0.39 is 12.0 Å². The lowest BCUT2D eigenvalue weighted by Crippen LogP contribution is -2.36. The summed E-state index contributed by atoms with van der Waals surface area (Å²) in [5, 5.41) is 6.92. The van der Waals surface area contributed by atoms with Gasteiger partial charge in [-0.05, 0) is 0 Å². The van der Waals surface area contributed by atoms with Gasteiger partial charge in [0.25, 0.3) is 0 Å². The quantitative estimate of drug-likeness (QED) is 0.731. The van der Waals surface area contributed by atoms with Crippen molar-refractivity contribution in [1.82, 2.24) is 19.7 Å². The first-order valence-electron chi connectivity index (χ1n) is 6.72. The van der Waals surface area contributed by atoms with E-state index in [9.17, 15) is 13.2 Å². The number of aromatic nitrogens is 3. The number of rotatable bonds is 1. The van der Waals surface area contributed by atoms with Crippen LogP contribution in [-0.2, 0) is 19.3 Å². The fraction of sp³-hybridized carbons (Fsp3) is 0.333. The highest BCUT2D eigenvalue weighted by Crippen LogP contribution is 2.35. The van der Waals surface area contributed by atoms with Crippen LogP contribution in [0.4, 0.5) is 13.2 Å². The molecule has 120 valence electrons. The first-order valence-corrected chi connectivity index (χ1v) is 7.05. The maximum atomic E-state index is 12.9. The zero-order valence-corrected chi connectivity index (χ0v) is 12.3. The fourth-order valence-electron chi connectivity index (χ4n) is 2.73. The number of quaternary nitrogens is 1. The van der Waals surface area contributed by atoms with E-state index in [4.69, 9.17) is 11.8 Å². The molecule has 0 aromatic carbocycles. The van der Waals surface area contributed by atoms with E-state index in [-0.39, 0.29) is 22.9 Å². The third-order valence-corrected chi connectivity index (χ3v) is 4.20. The van der Waals surface area contributed by atoms with Gasteiger partial charge in [0.15, 0.2) is 17.6 Å². The maximum Gasteiger partial charge on any atom is 0.451 e. The third-order valence-electron chi connectivity index (χ3n) is 3.82. The van der Waals surface area contributed by atoms with Crippen LogP contribution in [0, 0.1) is 0 Å². The van der Waals surface area contributed by atoms with Crippen LogP contribution in [0.3, 0.4) is 0 Å². The highest BCUT2D eigenvalue weighted by Gasteiger charge is 2.42. The molecule has 0 bridgehead atoms. The average Bonchev–Trinajstić information content (AvgIpc) is 3.06. The first-order chi connectivity index (χ1) is 10.9. The molecule has 1 aromatic rings. The highest BCUT2D eigenvalue weighted by molar-refractivity contribution is 6.14. The van der Waals surface area contributed by atoms with Crippen LogP contribution in [0.25, 0.3) is 0 Å². The fourth-order valence-corrected chi connectivity index (χ4v) is 2.94. The van der Waals surface area contributed by atoms with Crippen LogP contribution in [-0.4, -0.2) is 42.8 Å². The molecular formula is C12H10ClF3N7+. The van der Waals surface area contributed by atoms with Crippen molar-refractivity contribution >= 4 is 24.3 Å². The van der Waals surface area contributed by atoms with Crippen LogP contribution in [0.5, 0.6) is 0 Å². The van der Waals surface area contributed by atoms with Crippen LogP contribution in [0.2, 0.25) is 0 Å². The highest BCUT2D eigenvalue weighted by atomic mass is 35.5. The predicted molar refractivity (Wildman–Crippen MR) is 74.7 cm³/mol. The summed E-state index contributed by atoms with van der Waals surface area (Å²) < 4.78 is 39.6. The maximum absolute atomic E-state index is 12.9. The summed E-state index contributed by atoms with van der Waals surface area (Å²) in [7, 11) is 0. The molecule has 0 fully saturated rings. The van der Waals surface area contributed by atoms with Gasteiger partial charge in [-0.3, -0.25) is 4.99 Å². The monoisotopic (exact) mass is 344 g/mol. The number of allylic oxidation sites excluding steroid dienone is 1. The third kappa shape index (κ3) is 2.17. The van der Waals surface area contributed by atoms with Crippen LogP contribution >= 0.6 is 11.8 Å². The second-order valence-electron chi connectivity index (χ2n) is 5.23. The zero-order chi connectivity index (χ0) is 16.2. The molecule has 0 saturated carbocycles. The van der Waals surface area contributed by atoms with E-state index in [1.54, 1.807) is 18.6 Å². The molecule has 3 aliphatic rings. The van der Waals surface area contributed by atoms with Crippen molar-refractivity contribution in [1.29, 1.82) is 0 Å². The smallest absolute Gasteiger partial charge is 0.342 e. The normalized spacial score (nSPS) is 26.0. The molecule has 0 aliphatic carbocycles.